The van der Waals surface area contributed by atoms with Crippen molar-refractivity contribution < 1.29 is 67.0 Å². The van der Waals surface area contributed by atoms with Crippen LogP contribution in [-0.4, -0.2) is 92.3 Å². The normalized spacial score (nSPS) is 33.5. The molecule has 3 aliphatic rings. The second kappa shape index (κ2) is 13.2. The number of fused-ring (bicyclic) bond motifs is 1. The summed E-state index contributed by atoms with van der Waals surface area (Å²) in [5.41, 5.74) is 0.292. The van der Waals surface area contributed by atoms with Crippen LogP contribution in [0.2, 0.25) is 0 Å². The highest BCUT2D eigenvalue weighted by Gasteiger charge is 2.56. The molecule has 2 fully saturated rings. The molecular formula is C25H34O14. The van der Waals surface area contributed by atoms with Crippen molar-refractivity contribution in [3.63, 3.8) is 0 Å². The molecule has 14 heteroatoms. The number of carbonyl (C=O) groups excluding carboxylic acids is 5. The van der Waals surface area contributed by atoms with Crippen LogP contribution in [0.4, 0.5) is 0 Å². The third-order valence-corrected chi connectivity index (χ3v) is 6.77. The van der Waals surface area contributed by atoms with E-state index in [0.29, 0.717) is 18.4 Å². The molecular weight excluding hydrogens is 524 g/mol. The number of hydrogen-bond donors (Lipinski definition) is 1. The van der Waals surface area contributed by atoms with Crippen LogP contribution in [0.25, 0.3) is 0 Å². The first-order valence-corrected chi connectivity index (χ1v) is 12.5. The molecule has 0 aromatic rings. The van der Waals surface area contributed by atoms with Gasteiger partial charge < -0.3 is 43.0 Å². The molecule has 0 bridgehead atoms. The van der Waals surface area contributed by atoms with Crippen molar-refractivity contribution in [2.75, 3.05) is 20.3 Å². The van der Waals surface area contributed by atoms with Crippen LogP contribution in [0, 0.1) is 17.8 Å². The minimum absolute atomic E-state index is 0.211. The standard InChI is InChI=1S/C25H34O14/c1-11(27)33-10-18-20(35-12(2)28)21(36-13(3)29)22(37-14(4)30)25(38-18)39-24-19-15(8-26)6-7-16(19)17(9-34-24)23(31)32-5/h9,15-16,18-22,24-26H,6-8,10H2,1-5H3/t15-,16+,18+,19+,20+,21-,22+,24-,25-/m0/s1. The van der Waals surface area contributed by atoms with Crippen LogP contribution in [0.3, 0.4) is 0 Å². The zero-order valence-electron chi connectivity index (χ0n) is 22.4. The summed E-state index contributed by atoms with van der Waals surface area (Å²) in [7, 11) is 1.25. The number of ether oxygens (including phenoxy) is 8. The summed E-state index contributed by atoms with van der Waals surface area (Å²) in [5.74, 6) is -4.73. The summed E-state index contributed by atoms with van der Waals surface area (Å²) in [4.78, 5) is 59.9. The van der Waals surface area contributed by atoms with Crippen molar-refractivity contribution in [2.24, 2.45) is 17.8 Å². The Balaban J connectivity index is 1.99. The topological polar surface area (TPSA) is 179 Å². The van der Waals surface area contributed by atoms with Crippen molar-refractivity contribution in [3.8, 4) is 0 Å². The Labute approximate surface area is 224 Å². The van der Waals surface area contributed by atoms with E-state index >= 15 is 0 Å². The molecule has 1 saturated carbocycles. The second-order valence-electron chi connectivity index (χ2n) is 9.48. The predicted octanol–water partition coefficient (Wildman–Crippen LogP) is 0.134. The molecule has 0 unspecified atom stereocenters. The Hall–Kier alpha value is -3.23. The third kappa shape index (κ3) is 7.25. The molecule has 2 aliphatic heterocycles. The fraction of sp³-hybridized carbons (Fsp3) is 0.720. The van der Waals surface area contributed by atoms with Crippen molar-refractivity contribution >= 4 is 29.8 Å². The zero-order valence-corrected chi connectivity index (χ0v) is 22.4. The second-order valence-corrected chi connectivity index (χ2v) is 9.48. The van der Waals surface area contributed by atoms with Gasteiger partial charge in [0.25, 0.3) is 0 Å². The first kappa shape index (κ1) is 30.3. The quantitative estimate of drug-likeness (QED) is 0.298. The molecule has 1 N–H and O–H groups in total. The van der Waals surface area contributed by atoms with E-state index < -0.39 is 79.4 Å². The van der Waals surface area contributed by atoms with Gasteiger partial charge in [0.15, 0.2) is 18.3 Å². The van der Waals surface area contributed by atoms with Gasteiger partial charge in [-0.3, -0.25) is 19.2 Å². The molecule has 0 amide bonds. The number of methoxy groups -OCH3 is 1. The van der Waals surface area contributed by atoms with Crippen LogP contribution < -0.4 is 0 Å². The summed E-state index contributed by atoms with van der Waals surface area (Å²) in [6.07, 6.45) is -5.59. The van der Waals surface area contributed by atoms with Crippen LogP contribution >= 0.6 is 0 Å². The molecule has 218 valence electrons. The van der Waals surface area contributed by atoms with Gasteiger partial charge in [-0.05, 0) is 18.8 Å². The summed E-state index contributed by atoms with van der Waals surface area (Å²) >= 11 is 0. The molecule has 0 spiro atoms. The number of aliphatic hydroxyl groups excluding tert-OH is 1. The number of rotatable bonds is 9. The molecule has 0 aromatic heterocycles. The first-order valence-electron chi connectivity index (χ1n) is 12.5. The van der Waals surface area contributed by atoms with Crippen molar-refractivity contribution in [1.29, 1.82) is 0 Å². The summed E-state index contributed by atoms with van der Waals surface area (Å²) in [5, 5.41) is 10.0. The monoisotopic (exact) mass is 558 g/mol. The van der Waals surface area contributed by atoms with E-state index in [0.717, 1.165) is 20.8 Å². The average molecular weight is 559 g/mol. The fourth-order valence-corrected chi connectivity index (χ4v) is 5.28. The van der Waals surface area contributed by atoms with Gasteiger partial charge in [-0.2, -0.15) is 0 Å². The molecule has 39 heavy (non-hydrogen) atoms. The maximum Gasteiger partial charge on any atom is 0.337 e. The average Bonchev–Trinajstić information content (AvgIpc) is 3.30. The maximum atomic E-state index is 12.3. The Kier molecular flexibility index (Phi) is 10.3. The number of aliphatic hydroxyl groups is 1. The smallest absolute Gasteiger partial charge is 0.337 e. The Bertz CT molecular complexity index is 976. The van der Waals surface area contributed by atoms with Gasteiger partial charge in [-0.25, -0.2) is 4.79 Å². The lowest BCUT2D eigenvalue weighted by Gasteiger charge is -2.46. The van der Waals surface area contributed by atoms with Gasteiger partial charge in [0, 0.05) is 46.1 Å². The molecule has 1 saturated heterocycles. The van der Waals surface area contributed by atoms with E-state index in [-0.39, 0.29) is 18.4 Å². The predicted molar refractivity (Wildman–Crippen MR) is 125 cm³/mol. The molecule has 1 aliphatic carbocycles. The molecule has 14 nitrogen and oxygen atoms in total. The Morgan fingerprint density at radius 1 is 0.872 bits per heavy atom. The van der Waals surface area contributed by atoms with Crippen molar-refractivity contribution in [2.45, 2.75) is 77.5 Å². The van der Waals surface area contributed by atoms with Crippen LogP contribution in [0.15, 0.2) is 11.8 Å². The minimum atomic E-state index is -1.47. The molecule has 0 aromatic carbocycles. The zero-order chi connectivity index (χ0) is 28.9. The lowest BCUT2D eigenvalue weighted by molar-refractivity contribution is -0.345. The van der Waals surface area contributed by atoms with Gasteiger partial charge in [0.05, 0.1) is 18.9 Å². The van der Waals surface area contributed by atoms with E-state index in [1.807, 2.05) is 0 Å². The SMILES string of the molecule is COC(=O)C1=CO[C@@H](O[C@@H]2O[C@H](COC(C)=O)[C@@H](OC(C)=O)[C@H](OC(C)=O)[C@H]2OC(C)=O)[C@@H]2[C@H](CO)CC[C@H]12. The van der Waals surface area contributed by atoms with Gasteiger partial charge in [0.1, 0.15) is 12.7 Å². The van der Waals surface area contributed by atoms with E-state index in [2.05, 4.69) is 0 Å². The van der Waals surface area contributed by atoms with E-state index in [1.54, 1.807) is 0 Å². The lowest BCUT2D eigenvalue weighted by atomic mass is 9.83. The summed E-state index contributed by atoms with van der Waals surface area (Å²) in [6.45, 7) is 3.89. The first-order chi connectivity index (χ1) is 18.5. The number of hydrogen-bond acceptors (Lipinski definition) is 14. The van der Waals surface area contributed by atoms with Crippen LogP contribution in [0.1, 0.15) is 40.5 Å². The van der Waals surface area contributed by atoms with Crippen molar-refractivity contribution in [1.82, 2.24) is 0 Å². The van der Waals surface area contributed by atoms with E-state index in [4.69, 9.17) is 37.9 Å². The van der Waals surface area contributed by atoms with Crippen LogP contribution in [-0.2, 0) is 61.9 Å². The Morgan fingerprint density at radius 2 is 1.49 bits per heavy atom. The van der Waals surface area contributed by atoms with Crippen LogP contribution in [0.5, 0.6) is 0 Å². The summed E-state index contributed by atoms with van der Waals surface area (Å²) in [6, 6.07) is 0. The van der Waals surface area contributed by atoms with Gasteiger partial charge in [-0.15, -0.1) is 0 Å². The summed E-state index contributed by atoms with van der Waals surface area (Å²) < 4.78 is 44.0. The number of carbonyl (C=O) groups is 5. The highest BCUT2D eigenvalue weighted by Crippen LogP contribution is 2.47. The van der Waals surface area contributed by atoms with E-state index in [9.17, 15) is 29.1 Å². The molecule has 9 atom stereocenters. The third-order valence-electron chi connectivity index (χ3n) is 6.77. The van der Waals surface area contributed by atoms with E-state index in [1.165, 1.54) is 20.3 Å². The van der Waals surface area contributed by atoms with Gasteiger partial charge in [0.2, 0.25) is 12.6 Å². The maximum absolute atomic E-state index is 12.3. The van der Waals surface area contributed by atoms with Crippen molar-refractivity contribution in [3.05, 3.63) is 11.8 Å². The minimum Gasteiger partial charge on any atom is -0.472 e. The molecule has 2 heterocycles. The van der Waals surface area contributed by atoms with Gasteiger partial charge in [-0.1, -0.05) is 0 Å². The molecule has 3 rings (SSSR count). The van der Waals surface area contributed by atoms with Gasteiger partial charge >= 0.3 is 29.8 Å². The Morgan fingerprint density at radius 3 is 2.05 bits per heavy atom. The number of esters is 5. The lowest BCUT2D eigenvalue weighted by Crippen LogP contribution is -2.63. The fourth-order valence-electron chi connectivity index (χ4n) is 5.28. The highest BCUT2D eigenvalue weighted by molar-refractivity contribution is 5.89. The largest absolute Gasteiger partial charge is 0.472 e. The molecule has 0 radical (unpaired) electrons. The highest BCUT2D eigenvalue weighted by atomic mass is 16.8.